The molecule has 0 aliphatic rings. The van der Waals surface area contributed by atoms with Crippen molar-refractivity contribution < 1.29 is 84.3 Å². The average molecular weight is 1560 g/mol. The third-order valence-corrected chi connectivity index (χ3v) is 23.4. The Bertz CT molecular complexity index is 1170. The van der Waals surface area contributed by atoms with Gasteiger partial charge in [0.05, 0.1) is 66.5 Å². The van der Waals surface area contributed by atoms with Gasteiger partial charge < -0.3 is 0 Å². The van der Waals surface area contributed by atoms with Crippen LogP contribution in [0.4, 0.5) is 0 Å². The summed E-state index contributed by atoms with van der Waals surface area (Å²) < 4.78 is 0. The Kier molecular flexibility index (Phi) is 41.0. The maximum atomic E-state index is 2.35. The second-order valence-electron chi connectivity index (χ2n) is 16.5. The molecule has 4 aromatic carbocycles. The predicted octanol–water partition coefficient (Wildman–Crippen LogP) is 13.4. The normalized spacial score (nSPS) is 10.8. The predicted molar refractivity (Wildman–Crippen MR) is 259 cm³/mol. The van der Waals surface area contributed by atoms with Crippen LogP contribution in [0.5, 0.6) is 0 Å². The van der Waals surface area contributed by atoms with E-state index < -0.39 is 0 Å². The Morgan fingerprint density at radius 3 is 0.411 bits per heavy atom. The quantitative estimate of drug-likeness (QED) is 0.124. The molecule has 4 aromatic rings. The van der Waals surface area contributed by atoms with Crippen molar-refractivity contribution >= 4 is 52.9 Å². The fourth-order valence-electron chi connectivity index (χ4n) is 7.86. The summed E-state index contributed by atoms with van der Waals surface area (Å²) in [6, 6.07) is 44.0. The molecule has 0 fully saturated rings. The molecule has 0 bridgehead atoms. The molecule has 0 unspecified atom stereocenters. The van der Waals surface area contributed by atoms with Gasteiger partial charge in [0, 0.05) is 116 Å². The van der Waals surface area contributed by atoms with Gasteiger partial charge >= 0.3 is 0 Å². The van der Waals surface area contributed by atoms with Crippen LogP contribution in [0.15, 0.2) is 121 Å². The molecule has 0 aliphatic heterocycles. The molecule has 328 valence electrons. The van der Waals surface area contributed by atoms with Gasteiger partial charge in [-0.3, -0.25) is 0 Å². The van der Waals surface area contributed by atoms with Gasteiger partial charge in [0.25, 0.3) is 0 Å². The van der Waals surface area contributed by atoms with E-state index in [-0.39, 0.29) is 116 Å². The van der Waals surface area contributed by atoms with Crippen LogP contribution in [0.3, 0.4) is 0 Å². The Labute approximate surface area is 410 Å². The van der Waals surface area contributed by atoms with E-state index >= 15 is 0 Å². The molecule has 8 heteroatoms. The topological polar surface area (TPSA) is 0 Å². The van der Waals surface area contributed by atoms with E-state index in [4.69, 9.17) is 0 Å². The third kappa shape index (κ3) is 24.7. The van der Waals surface area contributed by atoms with Crippen LogP contribution in [0.1, 0.15) is 111 Å². The third-order valence-electron chi connectivity index (χ3n) is 9.40. The van der Waals surface area contributed by atoms with Crippen LogP contribution in [0.25, 0.3) is 0 Å². The van der Waals surface area contributed by atoms with E-state index in [1.165, 1.54) is 0 Å². The van der Waals surface area contributed by atoms with Gasteiger partial charge in [0.1, 0.15) is 0 Å². The summed E-state index contributed by atoms with van der Waals surface area (Å²) in [5, 5.41) is 6.32. The van der Waals surface area contributed by atoms with Crippen molar-refractivity contribution in [3.05, 3.63) is 121 Å². The van der Waals surface area contributed by atoms with Gasteiger partial charge in [0.15, 0.2) is 0 Å². The SMILES string of the molecule is CC(C)[PH+](c1ccccc1)C(C)C.CC(C)[PH+](c1ccccc1)C(C)C.CC(C)[PH+](c1ccccc1)C(C)C.CC(C)[PH+](c1ccccc1)C(C)C.[Pt].[Pt].[Pt].[Pt]. The van der Waals surface area contributed by atoms with Crippen molar-refractivity contribution in [1.29, 1.82) is 0 Å². The zero-order chi connectivity index (χ0) is 39.4. The fourth-order valence-corrected chi connectivity index (χ4v) is 20.8. The minimum Gasteiger partial charge on any atom is -0.0620 e. The van der Waals surface area contributed by atoms with E-state index in [9.17, 15) is 0 Å². The van der Waals surface area contributed by atoms with Crippen molar-refractivity contribution in [2.75, 3.05) is 0 Å². The summed E-state index contributed by atoms with van der Waals surface area (Å²) in [6.45, 7) is 37.6. The summed E-state index contributed by atoms with van der Waals surface area (Å²) >= 11 is 0. The first-order chi connectivity index (χ1) is 24.5. The fraction of sp³-hybridized carbons (Fsp3) is 0.500. The minimum absolute atomic E-state index is 0. The van der Waals surface area contributed by atoms with Gasteiger partial charge in [-0.05, 0) is 159 Å². The smallest absolute Gasteiger partial charge is 0.0620 e. The Morgan fingerprint density at radius 2 is 0.321 bits per heavy atom. The van der Waals surface area contributed by atoms with E-state index in [1.54, 1.807) is 21.2 Å². The summed E-state index contributed by atoms with van der Waals surface area (Å²) in [5.74, 6) is 0. The van der Waals surface area contributed by atoms with Crippen molar-refractivity contribution in [3.63, 3.8) is 0 Å². The standard InChI is InChI=1S/4C12H19P.4Pt/c4*1-10(2)13(11(3)4)12-8-6-5-7-9-12;;;;/h4*5-11H,1-4H3;;;;/p+4. The molecule has 4 rings (SSSR count). The van der Waals surface area contributed by atoms with Crippen molar-refractivity contribution in [3.8, 4) is 0 Å². The van der Waals surface area contributed by atoms with Crippen LogP contribution in [-0.2, 0) is 84.3 Å². The van der Waals surface area contributed by atoms with Gasteiger partial charge in [-0.15, -0.1) is 0 Å². The molecular formula is C48H80P4Pt4+4. The first-order valence-corrected chi connectivity index (χ1v) is 26.8. The number of benzene rings is 4. The Balaban J connectivity index is -0.000000314. The molecule has 0 aliphatic carbocycles. The zero-order valence-corrected chi connectivity index (χ0v) is 50.5. The van der Waals surface area contributed by atoms with Gasteiger partial charge in [-0.1, -0.05) is 72.8 Å². The van der Waals surface area contributed by atoms with Crippen LogP contribution < -0.4 is 21.2 Å². The Morgan fingerprint density at radius 1 is 0.214 bits per heavy atom. The van der Waals surface area contributed by atoms with E-state index in [0.29, 0.717) is 0 Å². The number of hydrogen-bond donors (Lipinski definition) is 0. The Hall–Kier alpha value is 1.35. The molecule has 0 saturated heterocycles. The zero-order valence-electron chi connectivity index (χ0n) is 37.4. The van der Waals surface area contributed by atoms with Crippen LogP contribution in [0, 0.1) is 0 Å². The van der Waals surface area contributed by atoms with E-state index in [0.717, 1.165) is 45.3 Å². The second kappa shape index (κ2) is 35.9. The number of rotatable bonds is 12. The van der Waals surface area contributed by atoms with E-state index in [1.807, 2.05) is 0 Å². The van der Waals surface area contributed by atoms with Crippen LogP contribution in [-0.4, -0.2) is 45.3 Å². The molecule has 0 spiro atoms. The van der Waals surface area contributed by atoms with Crippen molar-refractivity contribution in [2.24, 2.45) is 0 Å². The molecule has 0 heterocycles. The molecule has 0 atom stereocenters. The summed E-state index contributed by atoms with van der Waals surface area (Å²) in [6.07, 6.45) is 0. The van der Waals surface area contributed by atoms with Gasteiger partial charge in [-0.25, -0.2) is 0 Å². The molecule has 0 saturated carbocycles. The van der Waals surface area contributed by atoms with Gasteiger partial charge in [-0.2, -0.15) is 0 Å². The summed E-state index contributed by atoms with van der Waals surface area (Å²) in [5.41, 5.74) is 6.61. The van der Waals surface area contributed by atoms with Crippen molar-refractivity contribution in [2.45, 2.75) is 156 Å². The first-order valence-electron chi connectivity index (χ1n) is 20.2. The average Bonchev–Trinajstić information content (AvgIpc) is 3.06. The second-order valence-corrected chi connectivity index (χ2v) is 31.7. The van der Waals surface area contributed by atoms with Crippen molar-refractivity contribution in [1.82, 2.24) is 0 Å². The van der Waals surface area contributed by atoms with E-state index in [2.05, 4.69) is 232 Å². The minimum atomic E-state index is -0.356. The molecule has 0 aromatic heterocycles. The largest absolute Gasteiger partial charge is 0.0920 e. The molecule has 0 nitrogen and oxygen atoms in total. The van der Waals surface area contributed by atoms with Crippen LogP contribution in [0.2, 0.25) is 0 Å². The molecule has 0 N–H and O–H groups in total. The summed E-state index contributed by atoms with van der Waals surface area (Å²) in [7, 11) is -1.42. The van der Waals surface area contributed by atoms with Gasteiger partial charge in [0.2, 0.25) is 0 Å². The monoisotopic (exact) mass is 1560 g/mol. The van der Waals surface area contributed by atoms with Crippen LogP contribution >= 0.6 is 31.7 Å². The first kappa shape index (κ1) is 64.0. The maximum Gasteiger partial charge on any atom is 0.0920 e. The molecular weight excluding hydrogens is 1480 g/mol. The molecule has 0 amide bonds. The maximum absolute atomic E-state index is 2.35. The molecule has 0 radical (unpaired) electrons. The summed E-state index contributed by atoms with van der Waals surface area (Å²) in [4.78, 5) is 0. The molecule has 56 heavy (non-hydrogen) atoms. The number of hydrogen-bond acceptors (Lipinski definition) is 0.